The molecule has 0 amide bonds. The molecular formula is C15H18N2O. The van der Waals surface area contributed by atoms with Crippen molar-refractivity contribution in [2.45, 2.75) is 13.0 Å². The van der Waals surface area contributed by atoms with Gasteiger partial charge < -0.3 is 15.0 Å². The largest absolute Gasteiger partial charge is 0.392 e. The Morgan fingerprint density at radius 3 is 3.06 bits per heavy atom. The molecule has 18 heavy (non-hydrogen) atoms. The van der Waals surface area contributed by atoms with Gasteiger partial charge in [0.2, 0.25) is 0 Å². The van der Waals surface area contributed by atoms with Gasteiger partial charge in [0.1, 0.15) is 0 Å². The van der Waals surface area contributed by atoms with E-state index in [2.05, 4.69) is 35.3 Å². The molecule has 0 saturated heterocycles. The molecule has 1 aliphatic rings. The number of hydrogen-bond acceptors (Lipinski definition) is 2. The summed E-state index contributed by atoms with van der Waals surface area (Å²) in [5.74, 6) is 0. The van der Waals surface area contributed by atoms with Gasteiger partial charge in [0.25, 0.3) is 0 Å². The Morgan fingerprint density at radius 1 is 1.39 bits per heavy atom. The zero-order chi connectivity index (χ0) is 12.5. The third-order valence-corrected chi connectivity index (χ3v) is 3.66. The van der Waals surface area contributed by atoms with Crippen LogP contribution in [-0.2, 0) is 6.61 Å². The molecule has 0 unspecified atom stereocenters. The van der Waals surface area contributed by atoms with Crippen molar-refractivity contribution in [1.82, 2.24) is 9.88 Å². The molecule has 1 aliphatic heterocycles. The SMILES string of the molecule is CN1CCC=C(c2c[nH]c3c(CO)cccc23)C1. The van der Waals surface area contributed by atoms with Crippen molar-refractivity contribution in [2.75, 3.05) is 20.1 Å². The third-order valence-electron chi connectivity index (χ3n) is 3.66. The van der Waals surface area contributed by atoms with Crippen LogP contribution in [0, 0.1) is 0 Å². The van der Waals surface area contributed by atoms with E-state index < -0.39 is 0 Å². The maximum absolute atomic E-state index is 9.35. The van der Waals surface area contributed by atoms with E-state index in [0.717, 1.165) is 30.6 Å². The topological polar surface area (TPSA) is 39.3 Å². The van der Waals surface area contributed by atoms with Gasteiger partial charge >= 0.3 is 0 Å². The van der Waals surface area contributed by atoms with Gasteiger partial charge in [-0.25, -0.2) is 0 Å². The van der Waals surface area contributed by atoms with Gasteiger partial charge in [-0.1, -0.05) is 24.3 Å². The summed E-state index contributed by atoms with van der Waals surface area (Å²) < 4.78 is 0. The van der Waals surface area contributed by atoms with Crippen LogP contribution in [0.3, 0.4) is 0 Å². The number of aromatic amines is 1. The van der Waals surface area contributed by atoms with Gasteiger partial charge in [-0.15, -0.1) is 0 Å². The number of aliphatic hydroxyl groups excluding tert-OH is 1. The van der Waals surface area contributed by atoms with Gasteiger partial charge in [0, 0.05) is 35.8 Å². The van der Waals surface area contributed by atoms with Crippen LogP contribution in [0.25, 0.3) is 16.5 Å². The van der Waals surface area contributed by atoms with Crippen LogP contribution in [0.15, 0.2) is 30.5 Å². The number of rotatable bonds is 2. The molecule has 0 fully saturated rings. The van der Waals surface area contributed by atoms with E-state index in [1.54, 1.807) is 0 Å². The predicted molar refractivity (Wildman–Crippen MR) is 74.3 cm³/mol. The summed E-state index contributed by atoms with van der Waals surface area (Å²) in [6, 6.07) is 6.10. The summed E-state index contributed by atoms with van der Waals surface area (Å²) in [5, 5.41) is 10.6. The highest BCUT2D eigenvalue weighted by molar-refractivity contribution is 5.94. The first-order chi connectivity index (χ1) is 8.79. The number of para-hydroxylation sites is 1. The molecule has 0 radical (unpaired) electrons. The summed E-state index contributed by atoms with van der Waals surface area (Å²) in [6.45, 7) is 2.21. The molecule has 2 aromatic rings. The van der Waals surface area contributed by atoms with E-state index in [1.165, 1.54) is 16.5 Å². The normalized spacial score (nSPS) is 17.1. The first kappa shape index (κ1) is 11.5. The van der Waals surface area contributed by atoms with Crippen LogP contribution in [0.1, 0.15) is 17.5 Å². The van der Waals surface area contributed by atoms with Crippen molar-refractivity contribution in [1.29, 1.82) is 0 Å². The highest BCUT2D eigenvalue weighted by Crippen LogP contribution is 2.29. The number of likely N-dealkylation sites (N-methyl/N-ethyl adjacent to an activating group) is 1. The number of H-pyrrole nitrogens is 1. The first-order valence-corrected chi connectivity index (χ1v) is 6.37. The van der Waals surface area contributed by atoms with Gasteiger partial charge in [-0.3, -0.25) is 0 Å². The Kier molecular flexibility index (Phi) is 2.94. The number of hydrogen-bond donors (Lipinski definition) is 2. The number of benzene rings is 1. The van der Waals surface area contributed by atoms with Crippen molar-refractivity contribution in [3.8, 4) is 0 Å². The molecule has 0 atom stereocenters. The Morgan fingerprint density at radius 2 is 2.28 bits per heavy atom. The Bertz CT molecular complexity index is 598. The van der Waals surface area contributed by atoms with Gasteiger partial charge in [0.15, 0.2) is 0 Å². The average molecular weight is 242 g/mol. The molecule has 3 heteroatoms. The van der Waals surface area contributed by atoms with E-state index in [-0.39, 0.29) is 6.61 Å². The van der Waals surface area contributed by atoms with Crippen LogP contribution in [0.2, 0.25) is 0 Å². The predicted octanol–water partition coefficient (Wildman–Crippen LogP) is 2.38. The van der Waals surface area contributed by atoms with E-state index in [9.17, 15) is 5.11 Å². The minimum absolute atomic E-state index is 0.0796. The average Bonchev–Trinajstić information content (AvgIpc) is 2.82. The molecular weight excluding hydrogens is 224 g/mol. The van der Waals surface area contributed by atoms with E-state index >= 15 is 0 Å². The fraction of sp³-hybridized carbons (Fsp3) is 0.333. The van der Waals surface area contributed by atoms with Crippen LogP contribution >= 0.6 is 0 Å². The zero-order valence-electron chi connectivity index (χ0n) is 10.6. The number of nitrogens with zero attached hydrogens (tertiary/aromatic N) is 1. The van der Waals surface area contributed by atoms with E-state index in [1.807, 2.05) is 12.1 Å². The van der Waals surface area contributed by atoms with Crippen molar-refractivity contribution < 1.29 is 5.11 Å². The second-order valence-corrected chi connectivity index (χ2v) is 4.96. The molecule has 2 heterocycles. The van der Waals surface area contributed by atoms with Crippen LogP contribution < -0.4 is 0 Å². The summed E-state index contributed by atoms with van der Waals surface area (Å²) in [7, 11) is 2.15. The number of nitrogens with one attached hydrogen (secondary N) is 1. The molecule has 0 spiro atoms. The smallest absolute Gasteiger partial charge is 0.0702 e. The molecule has 1 aromatic heterocycles. The zero-order valence-corrected chi connectivity index (χ0v) is 10.6. The van der Waals surface area contributed by atoms with E-state index in [0.29, 0.717) is 0 Å². The Balaban J connectivity index is 2.10. The van der Waals surface area contributed by atoms with E-state index in [4.69, 9.17) is 0 Å². The van der Waals surface area contributed by atoms with Crippen molar-refractivity contribution in [3.05, 3.63) is 41.6 Å². The highest BCUT2D eigenvalue weighted by Gasteiger charge is 2.14. The molecule has 3 nitrogen and oxygen atoms in total. The fourth-order valence-corrected chi connectivity index (χ4v) is 2.70. The summed E-state index contributed by atoms with van der Waals surface area (Å²) >= 11 is 0. The fourth-order valence-electron chi connectivity index (χ4n) is 2.70. The molecule has 3 rings (SSSR count). The molecule has 0 saturated carbocycles. The van der Waals surface area contributed by atoms with Crippen LogP contribution in [0.5, 0.6) is 0 Å². The minimum Gasteiger partial charge on any atom is -0.392 e. The third kappa shape index (κ3) is 1.85. The molecule has 94 valence electrons. The second-order valence-electron chi connectivity index (χ2n) is 4.96. The van der Waals surface area contributed by atoms with Crippen LogP contribution in [-0.4, -0.2) is 35.1 Å². The van der Waals surface area contributed by atoms with Gasteiger partial charge in [0.05, 0.1) is 12.1 Å². The molecule has 0 aliphatic carbocycles. The highest BCUT2D eigenvalue weighted by atomic mass is 16.3. The summed E-state index contributed by atoms with van der Waals surface area (Å²) in [5.41, 5.74) is 4.67. The lowest BCUT2D eigenvalue weighted by Crippen LogP contribution is -2.24. The molecule has 0 bridgehead atoms. The number of aromatic nitrogens is 1. The first-order valence-electron chi connectivity index (χ1n) is 6.37. The quantitative estimate of drug-likeness (QED) is 0.848. The summed E-state index contributed by atoms with van der Waals surface area (Å²) in [4.78, 5) is 5.64. The number of aliphatic hydroxyl groups is 1. The summed E-state index contributed by atoms with van der Waals surface area (Å²) in [6.07, 6.45) is 5.50. The van der Waals surface area contributed by atoms with Crippen molar-refractivity contribution in [3.63, 3.8) is 0 Å². The second kappa shape index (κ2) is 4.59. The lowest BCUT2D eigenvalue weighted by Gasteiger charge is -2.22. The minimum atomic E-state index is 0.0796. The lowest BCUT2D eigenvalue weighted by molar-refractivity contribution is 0.283. The molecule has 2 N–H and O–H groups in total. The Labute approximate surface area is 107 Å². The lowest BCUT2D eigenvalue weighted by atomic mass is 10.00. The maximum Gasteiger partial charge on any atom is 0.0702 e. The monoisotopic (exact) mass is 242 g/mol. The van der Waals surface area contributed by atoms with Gasteiger partial charge in [-0.2, -0.15) is 0 Å². The van der Waals surface area contributed by atoms with Crippen LogP contribution in [0.4, 0.5) is 0 Å². The van der Waals surface area contributed by atoms with Crippen molar-refractivity contribution in [2.24, 2.45) is 0 Å². The van der Waals surface area contributed by atoms with Crippen molar-refractivity contribution >= 4 is 16.5 Å². The number of fused-ring (bicyclic) bond motifs is 1. The Hall–Kier alpha value is -1.58. The standard InChI is InChI=1S/C15H18N2O/c1-17-7-3-5-11(9-17)14-8-16-15-12(10-18)4-2-6-13(14)15/h2,4-6,8,16,18H,3,7,9-10H2,1H3. The van der Waals surface area contributed by atoms with Gasteiger partial charge in [-0.05, 0) is 19.0 Å². The maximum atomic E-state index is 9.35. The molecule has 1 aromatic carbocycles.